The SMILES string of the molecule is O=C(N/N=C/c1cccc(O)c1)C(=O)Nc1cccc(Cl)c1Cl. The number of amides is 2. The van der Waals surface area contributed by atoms with Gasteiger partial charge < -0.3 is 10.4 Å². The average Bonchev–Trinajstić information content (AvgIpc) is 2.51. The first-order chi connectivity index (χ1) is 11.0. The molecule has 0 aliphatic rings. The molecule has 0 atom stereocenters. The number of carbonyl (C=O) groups excluding carboxylic acids is 2. The van der Waals surface area contributed by atoms with Gasteiger partial charge in [-0.2, -0.15) is 5.10 Å². The van der Waals surface area contributed by atoms with Gasteiger partial charge in [-0.3, -0.25) is 9.59 Å². The zero-order valence-electron chi connectivity index (χ0n) is 11.6. The van der Waals surface area contributed by atoms with Gasteiger partial charge in [0, 0.05) is 0 Å². The third-order valence-corrected chi connectivity index (χ3v) is 3.47. The summed E-state index contributed by atoms with van der Waals surface area (Å²) in [4.78, 5) is 23.4. The molecule has 3 N–H and O–H groups in total. The fourth-order valence-corrected chi connectivity index (χ4v) is 1.95. The quantitative estimate of drug-likeness (QED) is 0.451. The third kappa shape index (κ3) is 4.70. The van der Waals surface area contributed by atoms with Crippen LogP contribution in [0.2, 0.25) is 10.0 Å². The summed E-state index contributed by atoms with van der Waals surface area (Å²) in [5.74, 6) is -1.85. The molecule has 0 radical (unpaired) electrons. The van der Waals surface area contributed by atoms with Gasteiger partial charge in [-0.1, -0.05) is 41.4 Å². The van der Waals surface area contributed by atoms with Gasteiger partial charge >= 0.3 is 11.8 Å². The number of hydrazone groups is 1. The van der Waals surface area contributed by atoms with E-state index in [0.29, 0.717) is 5.56 Å². The lowest BCUT2D eigenvalue weighted by atomic mass is 10.2. The van der Waals surface area contributed by atoms with Gasteiger partial charge in [-0.15, -0.1) is 0 Å². The Kier molecular flexibility index (Phi) is 5.56. The normalized spacial score (nSPS) is 10.5. The summed E-state index contributed by atoms with van der Waals surface area (Å²) < 4.78 is 0. The molecule has 0 saturated carbocycles. The fraction of sp³-hybridized carbons (Fsp3) is 0. The molecule has 118 valence electrons. The zero-order valence-corrected chi connectivity index (χ0v) is 13.1. The highest BCUT2D eigenvalue weighted by Gasteiger charge is 2.15. The largest absolute Gasteiger partial charge is 0.508 e. The standard InChI is InChI=1S/C15H11Cl2N3O3/c16-11-5-2-6-12(13(11)17)19-14(22)15(23)20-18-8-9-3-1-4-10(21)7-9/h1-8,21H,(H,19,22)(H,20,23)/b18-8+. The number of rotatable bonds is 3. The van der Waals surface area contributed by atoms with Gasteiger partial charge in [0.05, 0.1) is 21.9 Å². The molecule has 0 heterocycles. The van der Waals surface area contributed by atoms with Crippen LogP contribution in [0.25, 0.3) is 0 Å². The Labute approximate surface area is 141 Å². The van der Waals surface area contributed by atoms with E-state index in [1.807, 2.05) is 0 Å². The van der Waals surface area contributed by atoms with E-state index in [1.54, 1.807) is 24.3 Å². The Hall–Kier alpha value is -2.57. The molecule has 0 saturated heterocycles. The van der Waals surface area contributed by atoms with E-state index in [4.69, 9.17) is 23.2 Å². The summed E-state index contributed by atoms with van der Waals surface area (Å²) in [5.41, 5.74) is 2.84. The molecule has 0 fully saturated rings. The van der Waals surface area contributed by atoms with Crippen LogP contribution in [0.5, 0.6) is 5.75 Å². The van der Waals surface area contributed by atoms with Crippen LogP contribution in [0.1, 0.15) is 5.56 Å². The molecule has 8 heteroatoms. The van der Waals surface area contributed by atoms with Gasteiger partial charge in [-0.05, 0) is 29.8 Å². The van der Waals surface area contributed by atoms with Crippen molar-refractivity contribution in [3.05, 3.63) is 58.1 Å². The highest BCUT2D eigenvalue weighted by molar-refractivity contribution is 6.45. The van der Waals surface area contributed by atoms with E-state index >= 15 is 0 Å². The lowest BCUT2D eigenvalue weighted by Crippen LogP contribution is -2.32. The molecule has 0 bridgehead atoms. The number of nitrogens with zero attached hydrogens (tertiary/aromatic N) is 1. The number of aromatic hydroxyl groups is 1. The minimum absolute atomic E-state index is 0.0635. The number of nitrogens with one attached hydrogen (secondary N) is 2. The van der Waals surface area contributed by atoms with Crippen molar-refractivity contribution in [2.24, 2.45) is 5.10 Å². The van der Waals surface area contributed by atoms with Gasteiger partial charge in [0.25, 0.3) is 0 Å². The van der Waals surface area contributed by atoms with Crippen molar-refractivity contribution in [2.75, 3.05) is 5.32 Å². The number of phenols is 1. The van der Waals surface area contributed by atoms with Crippen LogP contribution in [-0.2, 0) is 9.59 Å². The van der Waals surface area contributed by atoms with Crippen molar-refractivity contribution in [1.82, 2.24) is 5.43 Å². The predicted octanol–water partition coefficient (Wildman–Crippen LogP) is 2.79. The van der Waals surface area contributed by atoms with Gasteiger partial charge in [0.15, 0.2) is 0 Å². The summed E-state index contributed by atoms with van der Waals surface area (Å²) in [7, 11) is 0. The number of anilines is 1. The minimum atomic E-state index is -0.975. The van der Waals surface area contributed by atoms with E-state index < -0.39 is 11.8 Å². The zero-order chi connectivity index (χ0) is 16.8. The number of halogens is 2. The molecule has 2 aromatic rings. The molecule has 0 aliphatic heterocycles. The second-order valence-electron chi connectivity index (χ2n) is 4.35. The van der Waals surface area contributed by atoms with Crippen molar-refractivity contribution < 1.29 is 14.7 Å². The monoisotopic (exact) mass is 351 g/mol. The molecule has 0 unspecified atom stereocenters. The minimum Gasteiger partial charge on any atom is -0.508 e. The lowest BCUT2D eigenvalue weighted by Gasteiger charge is -2.06. The van der Waals surface area contributed by atoms with Crippen LogP contribution in [0.4, 0.5) is 5.69 Å². The van der Waals surface area contributed by atoms with Crippen molar-refractivity contribution in [3.8, 4) is 5.75 Å². The Morgan fingerprint density at radius 1 is 1.09 bits per heavy atom. The maximum Gasteiger partial charge on any atom is 0.329 e. The highest BCUT2D eigenvalue weighted by atomic mass is 35.5. The summed E-state index contributed by atoms with van der Waals surface area (Å²) in [5, 5.41) is 15.6. The van der Waals surface area contributed by atoms with E-state index in [2.05, 4.69) is 15.8 Å². The summed E-state index contributed by atoms with van der Waals surface area (Å²) in [6.45, 7) is 0. The summed E-state index contributed by atoms with van der Waals surface area (Å²) in [6.07, 6.45) is 1.29. The number of benzene rings is 2. The van der Waals surface area contributed by atoms with E-state index in [1.165, 1.54) is 24.4 Å². The van der Waals surface area contributed by atoms with Crippen LogP contribution in [-0.4, -0.2) is 23.1 Å². The third-order valence-electron chi connectivity index (χ3n) is 2.66. The molecule has 0 spiro atoms. The summed E-state index contributed by atoms with van der Waals surface area (Å²) in [6, 6.07) is 10.9. The molecule has 23 heavy (non-hydrogen) atoms. The fourth-order valence-electron chi connectivity index (χ4n) is 1.60. The average molecular weight is 352 g/mol. The first-order valence-corrected chi connectivity index (χ1v) is 7.10. The molecule has 0 aromatic heterocycles. The van der Waals surface area contributed by atoms with E-state index in [-0.39, 0.29) is 21.5 Å². The van der Waals surface area contributed by atoms with E-state index in [9.17, 15) is 14.7 Å². The van der Waals surface area contributed by atoms with Crippen molar-refractivity contribution in [1.29, 1.82) is 0 Å². The van der Waals surface area contributed by atoms with Crippen LogP contribution in [0.3, 0.4) is 0 Å². The van der Waals surface area contributed by atoms with Crippen LogP contribution < -0.4 is 10.7 Å². The topological polar surface area (TPSA) is 90.8 Å². The Balaban J connectivity index is 1.95. The molecular weight excluding hydrogens is 341 g/mol. The smallest absolute Gasteiger partial charge is 0.329 e. The Morgan fingerprint density at radius 3 is 2.57 bits per heavy atom. The van der Waals surface area contributed by atoms with E-state index in [0.717, 1.165) is 0 Å². The number of phenolic OH excluding ortho intramolecular Hbond substituents is 1. The van der Waals surface area contributed by atoms with Crippen LogP contribution >= 0.6 is 23.2 Å². The molecule has 2 aromatic carbocycles. The second-order valence-corrected chi connectivity index (χ2v) is 5.13. The Bertz CT molecular complexity index is 778. The van der Waals surface area contributed by atoms with Crippen molar-refractivity contribution in [2.45, 2.75) is 0 Å². The summed E-state index contributed by atoms with van der Waals surface area (Å²) >= 11 is 11.7. The maximum atomic E-state index is 11.7. The highest BCUT2D eigenvalue weighted by Crippen LogP contribution is 2.29. The Morgan fingerprint density at radius 2 is 1.83 bits per heavy atom. The molecule has 6 nitrogen and oxygen atoms in total. The van der Waals surface area contributed by atoms with Crippen molar-refractivity contribution >= 4 is 46.9 Å². The number of carbonyl (C=O) groups is 2. The molecule has 2 rings (SSSR count). The first-order valence-electron chi connectivity index (χ1n) is 6.35. The van der Waals surface area contributed by atoms with Crippen LogP contribution in [0, 0.1) is 0 Å². The van der Waals surface area contributed by atoms with Gasteiger partial charge in [0.2, 0.25) is 0 Å². The molecule has 2 amide bonds. The number of hydrogen-bond acceptors (Lipinski definition) is 4. The van der Waals surface area contributed by atoms with Gasteiger partial charge in [-0.25, -0.2) is 5.43 Å². The maximum absolute atomic E-state index is 11.7. The predicted molar refractivity (Wildman–Crippen MR) is 88.9 cm³/mol. The molecule has 0 aliphatic carbocycles. The second kappa shape index (κ2) is 7.62. The number of hydrogen-bond donors (Lipinski definition) is 3. The van der Waals surface area contributed by atoms with Gasteiger partial charge in [0.1, 0.15) is 5.75 Å². The van der Waals surface area contributed by atoms with Crippen molar-refractivity contribution in [3.63, 3.8) is 0 Å². The first kappa shape index (κ1) is 16.8. The lowest BCUT2D eigenvalue weighted by molar-refractivity contribution is -0.136. The van der Waals surface area contributed by atoms with Crippen LogP contribution in [0.15, 0.2) is 47.6 Å². The molecular formula is C15H11Cl2N3O3.